The fourth-order valence-electron chi connectivity index (χ4n) is 3.34. The van der Waals surface area contributed by atoms with Crippen molar-refractivity contribution in [3.8, 4) is 0 Å². The van der Waals surface area contributed by atoms with E-state index < -0.39 is 10.0 Å². The number of amides is 1. The van der Waals surface area contributed by atoms with Gasteiger partial charge < -0.3 is 15.5 Å². The van der Waals surface area contributed by atoms with Gasteiger partial charge in [-0.2, -0.15) is 8.42 Å². The summed E-state index contributed by atoms with van der Waals surface area (Å²) in [5, 5.41) is 6.31. The third kappa shape index (κ3) is 3.33. The van der Waals surface area contributed by atoms with Crippen molar-refractivity contribution in [3.63, 3.8) is 0 Å². The molecule has 4 rings (SSSR count). The highest BCUT2D eigenvalue weighted by atomic mass is 32.2. The number of amidine groups is 1. The molecule has 0 aromatic heterocycles. The van der Waals surface area contributed by atoms with Gasteiger partial charge in [-0.1, -0.05) is 12.1 Å². The van der Waals surface area contributed by atoms with E-state index in [1.165, 1.54) is 0 Å². The van der Waals surface area contributed by atoms with Gasteiger partial charge in [0.1, 0.15) is 4.90 Å². The van der Waals surface area contributed by atoms with Gasteiger partial charge in [0, 0.05) is 42.5 Å². The van der Waals surface area contributed by atoms with Crippen LogP contribution < -0.4 is 10.6 Å². The third-order valence-electron chi connectivity index (χ3n) is 4.79. The van der Waals surface area contributed by atoms with E-state index in [0.717, 1.165) is 13.1 Å². The Balaban J connectivity index is 1.53. The van der Waals surface area contributed by atoms with Crippen molar-refractivity contribution in [3.05, 3.63) is 59.7 Å². The number of nitrogens with zero attached hydrogens (tertiary/aromatic N) is 2. The molecule has 0 saturated carbocycles. The van der Waals surface area contributed by atoms with E-state index in [4.69, 9.17) is 0 Å². The lowest BCUT2D eigenvalue weighted by Gasteiger charge is -2.34. The molecule has 0 radical (unpaired) electrons. The fourth-order valence-corrected chi connectivity index (χ4v) is 4.51. The second kappa shape index (κ2) is 6.79. The van der Waals surface area contributed by atoms with Crippen LogP contribution in [0.4, 0.5) is 5.69 Å². The van der Waals surface area contributed by atoms with Gasteiger partial charge in [0.05, 0.1) is 0 Å². The molecular weight excluding hydrogens is 364 g/mol. The molecule has 2 aromatic rings. The predicted octanol–water partition coefficient (Wildman–Crippen LogP) is 1.68. The second-order valence-electron chi connectivity index (χ2n) is 6.67. The summed E-state index contributed by atoms with van der Waals surface area (Å²) in [5.74, 6) is 0.294. The fraction of sp³-hybridized carbons (Fsp3) is 0.263. The molecule has 1 fully saturated rings. The van der Waals surface area contributed by atoms with E-state index in [9.17, 15) is 13.2 Å². The molecule has 2 heterocycles. The zero-order valence-corrected chi connectivity index (χ0v) is 15.7. The second-order valence-corrected chi connectivity index (χ2v) is 8.24. The molecule has 7 nitrogen and oxygen atoms in total. The number of hydrogen-bond donors (Lipinski definition) is 2. The van der Waals surface area contributed by atoms with E-state index in [1.807, 2.05) is 11.8 Å². The molecule has 1 unspecified atom stereocenters. The molecule has 2 N–H and O–H groups in total. The average Bonchev–Trinajstić information content (AvgIpc) is 2.93. The minimum absolute atomic E-state index is 0.00156. The van der Waals surface area contributed by atoms with E-state index in [-0.39, 0.29) is 16.8 Å². The minimum Gasteiger partial charge on any atom is -0.339 e. The monoisotopic (exact) mass is 384 g/mol. The topological polar surface area (TPSA) is 90.9 Å². The number of carbonyl (C=O) groups is 1. The van der Waals surface area contributed by atoms with Gasteiger partial charge in [-0.15, -0.1) is 4.40 Å². The number of anilines is 1. The first-order chi connectivity index (χ1) is 13.0. The molecule has 2 aromatic carbocycles. The standard InChI is InChI=1S/C19H20N4O3S/c1-13-12-20-10-11-23(13)19(24)14-6-8-15(9-7-14)21-18-16-4-2-3-5-17(16)27(25,26)22-18/h2-9,13,20H,10-12H2,1H3,(H,21,22). The van der Waals surface area contributed by atoms with Crippen molar-refractivity contribution in [2.75, 3.05) is 25.0 Å². The lowest BCUT2D eigenvalue weighted by atomic mass is 10.1. The van der Waals surface area contributed by atoms with Crippen LogP contribution in [0.1, 0.15) is 22.8 Å². The van der Waals surface area contributed by atoms with E-state index in [0.29, 0.717) is 29.2 Å². The van der Waals surface area contributed by atoms with E-state index >= 15 is 0 Å². The Labute approximate surface area is 158 Å². The van der Waals surface area contributed by atoms with Crippen molar-refractivity contribution >= 4 is 27.5 Å². The van der Waals surface area contributed by atoms with Crippen LogP contribution in [-0.2, 0) is 10.0 Å². The van der Waals surface area contributed by atoms with Crippen LogP contribution in [0.5, 0.6) is 0 Å². The number of carbonyl (C=O) groups excluding carboxylic acids is 1. The van der Waals surface area contributed by atoms with Crippen LogP contribution in [0.2, 0.25) is 0 Å². The normalized spacial score (nSPS) is 20.7. The van der Waals surface area contributed by atoms with Crippen molar-refractivity contribution in [1.82, 2.24) is 10.2 Å². The number of sulfonamides is 1. The van der Waals surface area contributed by atoms with Crippen LogP contribution in [0.25, 0.3) is 0 Å². The van der Waals surface area contributed by atoms with Gasteiger partial charge in [0.2, 0.25) is 0 Å². The molecule has 1 saturated heterocycles. The van der Waals surface area contributed by atoms with Crippen LogP contribution in [0.3, 0.4) is 0 Å². The summed E-state index contributed by atoms with van der Waals surface area (Å²) in [7, 11) is -3.66. The molecule has 1 amide bonds. The van der Waals surface area contributed by atoms with Crippen LogP contribution in [0.15, 0.2) is 57.8 Å². The van der Waals surface area contributed by atoms with Gasteiger partial charge in [-0.05, 0) is 43.3 Å². The third-order valence-corrected chi connectivity index (χ3v) is 6.12. The molecule has 8 heteroatoms. The zero-order valence-electron chi connectivity index (χ0n) is 14.8. The number of piperazine rings is 1. The van der Waals surface area contributed by atoms with Crippen LogP contribution in [-0.4, -0.2) is 50.7 Å². The SMILES string of the molecule is CC1CNCCN1C(=O)c1ccc(NC2=NS(=O)(=O)c3ccccc32)cc1. The molecule has 2 aliphatic heterocycles. The molecular formula is C19H20N4O3S. The van der Waals surface area contributed by atoms with E-state index in [2.05, 4.69) is 15.0 Å². The Morgan fingerprint density at radius 1 is 1.19 bits per heavy atom. The van der Waals surface area contributed by atoms with Crippen molar-refractivity contribution in [2.45, 2.75) is 17.9 Å². The summed E-state index contributed by atoms with van der Waals surface area (Å²) in [4.78, 5) is 14.8. The Kier molecular flexibility index (Phi) is 4.45. The lowest BCUT2D eigenvalue weighted by Crippen LogP contribution is -2.52. The minimum atomic E-state index is -3.66. The molecule has 0 spiro atoms. The molecule has 1 atom stereocenters. The number of benzene rings is 2. The smallest absolute Gasteiger partial charge is 0.285 e. The summed E-state index contributed by atoms with van der Waals surface area (Å²) in [6.45, 7) is 4.30. The predicted molar refractivity (Wildman–Crippen MR) is 104 cm³/mol. The summed E-state index contributed by atoms with van der Waals surface area (Å²) in [5.41, 5.74) is 1.83. The van der Waals surface area contributed by atoms with Crippen LogP contribution >= 0.6 is 0 Å². The summed E-state index contributed by atoms with van der Waals surface area (Å²) < 4.78 is 28.1. The Morgan fingerprint density at radius 2 is 1.93 bits per heavy atom. The maximum absolute atomic E-state index is 12.7. The molecule has 0 bridgehead atoms. The summed E-state index contributed by atoms with van der Waals surface area (Å²) >= 11 is 0. The molecule has 2 aliphatic rings. The van der Waals surface area contributed by atoms with Gasteiger partial charge >= 0.3 is 0 Å². The Bertz CT molecular complexity index is 1020. The van der Waals surface area contributed by atoms with Gasteiger partial charge in [-0.25, -0.2) is 0 Å². The average molecular weight is 384 g/mol. The molecule has 140 valence electrons. The van der Waals surface area contributed by atoms with Gasteiger partial charge in [-0.3, -0.25) is 4.79 Å². The maximum atomic E-state index is 12.7. The first-order valence-electron chi connectivity index (χ1n) is 8.79. The van der Waals surface area contributed by atoms with Crippen molar-refractivity contribution in [2.24, 2.45) is 4.40 Å². The number of fused-ring (bicyclic) bond motifs is 1. The Hall–Kier alpha value is -2.71. The highest BCUT2D eigenvalue weighted by molar-refractivity contribution is 7.90. The number of rotatable bonds is 2. The highest BCUT2D eigenvalue weighted by Crippen LogP contribution is 2.26. The summed E-state index contributed by atoms with van der Waals surface area (Å²) in [6, 6.07) is 13.9. The lowest BCUT2D eigenvalue weighted by molar-refractivity contribution is 0.0656. The Morgan fingerprint density at radius 3 is 2.67 bits per heavy atom. The van der Waals surface area contributed by atoms with E-state index in [1.54, 1.807) is 48.5 Å². The molecule has 0 aliphatic carbocycles. The van der Waals surface area contributed by atoms with Crippen molar-refractivity contribution in [1.29, 1.82) is 0 Å². The van der Waals surface area contributed by atoms with Crippen LogP contribution in [0, 0.1) is 0 Å². The summed E-state index contributed by atoms with van der Waals surface area (Å²) in [6.07, 6.45) is 0. The number of nitrogens with one attached hydrogen (secondary N) is 2. The number of hydrogen-bond acceptors (Lipinski definition) is 5. The largest absolute Gasteiger partial charge is 0.339 e. The van der Waals surface area contributed by atoms with Gasteiger partial charge in [0.15, 0.2) is 5.84 Å². The first-order valence-corrected chi connectivity index (χ1v) is 10.2. The molecule has 27 heavy (non-hydrogen) atoms. The van der Waals surface area contributed by atoms with Gasteiger partial charge in [0.25, 0.3) is 15.9 Å². The maximum Gasteiger partial charge on any atom is 0.285 e. The highest BCUT2D eigenvalue weighted by Gasteiger charge is 2.28. The van der Waals surface area contributed by atoms with Crippen molar-refractivity contribution < 1.29 is 13.2 Å². The zero-order chi connectivity index (χ0) is 19.0. The first kappa shape index (κ1) is 17.7. The quantitative estimate of drug-likeness (QED) is 0.822.